The van der Waals surface area contributed by atoms with Gasteiger partial charge in [-0.15, -0.1) is 0 Å². The molecule has 1 fully saturated rings. The molecule has 1 aliphatic rings. The molecule has 1 aliphatic heterocycles. The van der Waals surface area contributed by atoms with Crippen LogP contribution in [0.1, 0.15) is 24.0 Å². The second-order valence-corrected chi connectivity index (χ2v) is 7.75. The van der Waals surface area contributed by atoms with Crippen LogP contribution < -0.4 is 15.6 Å². The molecule has 0 aliphatic carbocycles. The maximum Gasteiger partial charge on any atom is 0.177 e. The average molecular weight is 417 g/mol. The van der Waals surface area contributed by atoms with E-state index in [1.807, 2.05) is 46.9 Å². The van der Waals surface area contributed by atoms with E-state index < -0.39 is 5.82 Å². The number of fused-ring (bicyclic) bond motifs is 1. The molecule has 1 saturated heterocycles. The number of piperidine rings is 1. The monoisotopic (exact) mass is 416 g/mol. The molecule has 152 valence electrons. The number of benzene rings is 1. The molecule has 0 unspecified atom stereocenters. The second kappa shape index (κ2) is 8.39. The Hall–Kier alpha value is -2.64. The van der Waals surface area contributed by atoms with Gasteiger partial charge in [0.05, 0.1) is 17.4 Å². The Kier molecular flexibility index (Phi) is 5.69. The molecule has 0 radical (unpaired) electrons. The molecule has 3 N–H and O–H groups in total. The third kappa shape index (κ3) is 4.36. The summed E-state index contributed by atoms with van der Waals surface area (Å²) in [6.07, 6.45) is 7.67. The number of hydrogen-bond donors (Lipinski definition) is 2. The number of nitrogens with one attached hydrogen (secondary N) is 1. The molecule has 4 rings (SSSR count). The van der Waals surface area contributed by atoms with Gasteiger partial charge in [-0.05, 0) is 44.1 Å². The van der Waals surface area contributed by atoms with Crippen molar-refractivity contribution in [1.29, 1.82) is 0 Å². The van der Waals surface area contributed by atoms with Gasteiger partial charge in [0, 0.05) is 28.4 Å². The van der Waals surface area contributed by atoms with Gasteiger partial charge in [-0.2, -0.15) is 0 Å². The van der Waals surface area contributed by atoms with E-state index in [0.717, 1.165) is 36.8 Å². The normalized spacial score (nSPS) is 15.8. The number of amidine groups is 1. The highest BCUT2D eigenvalue weighted by Gasteiger charge is 2.16. The van der Waals surface area contributed by atoms with E-state index in [4.69, 9.17) is 22.2 Å². The van der Waals surface area contributed by atoms with Crippen molar-refractivity contribution in [3.8, 4) is 0 Å². The van der Waals surface area contributed by atoms with Gasteiger partial charge in [0.25, 0.3) is 0 Å². The molecule has 0 saturated carbocycles. The number of nitrogens with two attached hydrogens (primary N) is 1. The number of aromatic nitrogens is 2. The van der Waals surface area contributed by atoms with Crippen LogP contribution in [0.4, 0.5) is 4.39 Å². The molecule has 2 aromatic heterocycles. The SMILES string of the molecule is C[n+]1ccc2c(ccn2Cc2c(F)cc(C(N)=NOC3CCNCC3)cc2Cl)c1. The van der Waals surface area contributed by atoms with Crippen LogP contribution in [-0.4, -0.2) is 29.6 Å². The van der Waals surface area contributed by atoms with Crippen LogP contribution in [0, 0.1) is 5.82 Å². The molecule has 1 aromatic carbocycles. The van der Waals surface area contributed by atoms with Crippen LogP contribution >= 0.6 is 11.6 Å². The van der Waals surface area contributed by atoms with Crippen LogP contribution in [0.15, 0.2) is 48.0 Å². The fraction of sp³-hybridized carbons (Fsp3) is 0.333. The molecule has 0 amide bonds. The average Bonchev–Trinajstić information content (AvgIpc) is 3.11. The van der Waals surface area contributed by atoms with E-state index in [1.165, 1.54) is 6.07 Å². The standard InChI is InChI=1S/C21H24ClFN5O/c1-27-8-5-20-14(12-27)4-9-28(20)13-17-18(22)10-15(11-19(17)23)21(24)26-29-16-2-6-25-7-3-16/h4-5,8-12,16,25H,2-3,6-7,13H2,1H3,(H2,24,26)/q+1. The van der Waals surface area contributed by atoms with E-state index in [0.29, 0.717) is 22.7 Å². The van der Waals surface area contributed by atoms with Gasteiger partial charge in [0.15, 0.2) is 18.2 Å². The van der Waals surface area contributed by atoms with Crippen LogP contribution in [0.25, 0.3) is 10.9 Å². The Morgan fingerprint density at radius 2 is 2.17 bits per heavy atom. The van der Waals surface area contributed by atoms with Gasteiger partial charge in [0.2, 0.25) is 0 Å². The van der Waals surface area contributed by atoms with Crippen LogP contribution in [0.5, 0.6) is 0 Å². The zero-order valence-electron chi connectivity index (χ0n) is 16.2. The Balaban J connectivity index is 1.54. The van der Waals surface area contributed by atoms with Gasteiger partial charge in [-0.1, -0.05) is 16.8 Å². The first kappa shape index (κ1) is 19.7. The molecule has 8 heteroatoms. The number of pyridine rings is 1. The maximum absolute atomic E-state index is 14.9. The summed E-state index contributed by atoms with van der Waals surface area (Å²) in [4.78, 5) is 5.50. The summed E-state index contributed by atoms with van der Waals surface area (Å²) in [6, 6.07) is 6.99. The lowest BCUT2D eigenvalue weighted by Crippen LogP contribution is -2.32. The van der Waals surface area contributed by atoms with E-state index in [-0.39, 0.29) is 11.9 Å². The van der Waals surface area contributed by atoms with Crippen molar-refractivity contribution in [3.05, 3.63) is 64.8 Å². The lowest BCUT2D eigenvalue weighted by molar-refractivity contribution is -0.670. The summed E-state index contributed by atoms with van der Waals surface area (Å²) in [5.41, 5.74) is 7.84. The van der Waals surface area contributed by atoms with Gasteiger partial charge in [0.1, 0.15) is 19.0 Å². The summed E-state index contributed by atoms with van der Waals surface area (Å²) < 4.78 is 18.8. The van der Waals surface area contributed by atoms with Gasteiger partial charge in [-0.3, -0.25) is 0 Å². The van der Waals surface area contributed by atoms with Crippen molar-refractivity contribution in [1.82, 2.24) is 9.88 Å². The number of aryl methyl sites for hydroxylation is 1. The van der Waals surface area contributed by atoms with Gasteiger partial charge >= 0.3 is 0 Å². The summed E-state index contributed by atoms with van der Waals surface area (Å²) in [5.74, 6) is -0.300. The van der Waals surface area contributed by atoms with Gasteiger partial charge < -0.3 is 20.5 Å². The predicted molar refractivity (Wildman–Crippen MR) is 111 cm³/mol. The summed E-state index contributed by atoms with van der Waals surface area (Å²) >= 11 is 6.40. The highest BCUT2D eigenvalue weighted by atomic mass is 35.5. The first-order chi connectivity index (χ1) is 14.0. The van der Waals surface area contributed by atoms with Gasteiger partial charge in [-0.25, -0.2) is 8.96 Å². The first-order valence-corrected chi connectivity index (χ1v) is 10.0. The van der Waals surface area contributed by atoms with E-state index in [9.17, 15) is 4.39 Å². The summed E-state index contributed by atoms with van der Waals surface area (Å²) in [7, 11) is 1.97. The topological polar surface area (TPSA) is 68.5 Å². The fourth-order valence-electron chi connectivity index (χ4n) is 3.55. The quantitative estimate of drug-likeness (QED) is 0.291. The van der Waals surface area contributed by atoms with Crippen molar-refractivity contribution in [2.45, 2.75) is 25.5 Å². The van der Waals surface area contributed by atoms with Crippen LogP contribution in [-0.2, 0) is 18.4 Å². The highest BCUT2D eigenvalue weighted by molar-refractivity contribution is 6.31. The molecular weight excluding hydrogens is 393 g/mol. The Morgan fingerprint density at radius 3 is 2.93 bits per heavy atom. The van der Waals surface area contributed by atoms with E-state index >= 15 is 0 Å². The Labute approximate surface area is 173 Å². The minimum atomic E-state index is -0.421. The fourth-order valence-corrected chi connectivity index (χ4v) is 3.82. The third-order valence-corrected chi connectivity index (χ3v) is 5.54. The van der Waals surface area contributed by atoms with Crippen LogP contribution in [0.3, 0.4) is 0 Å². The molecule has 3 heterocycles. The molecule has 29 heavy (non-hydrogen) atoms. The number of oxime groups is 1. The van der Waals surface area contributed by atoms with Crippen molar-refractivity contribution in [3.63, 3.8) is 0 Å². The molecule has 3 aromatic rings. The number of rotatable bonds is 5. The first-order valence-electron chi connectivity index (χ1n) is 9.63. The minimum Gasteiger partial charge on any atom is -0.391 e. The van der Waals surface area contributed by atoms with Crippen molar-refractivity contribution < 1.29 is 13.8 Å². The molecule has 6 nitrogen and oxygen atoms in total. The van der Waals surface area contributed by atoms with E-state index in [1.54, 1.807) is 6.07 Å². The zero-order valence-corrected chi connectivity index (χ0v) is 17.0. The second-order valence-electron chi connectivity index (χ2n) is 7.34. The minimum absolute atomic E-state index is 0.0261. The number of halogens is 2. The lowest BCUT2D eigenvalue weighted by Gasteiger charge is -2.20. The van der Waals surface area contributed by atoms with Crippen molar-refractivity contribution in [2.75, 3.05) is 13.1 Å². The zero-order chi connectivity index (χ0) is 20.4. The molecule has 0 bridgehead atoms. The van der Waals surface area contributed by atoms with Crippen LogP contribution in [0.2, 0.25) is 5.02 Å². The third-order valence-electron chi connectivity index (χ3n) is 5.20. The van der Waals surface area contributed by atoms with E-state index in [2.05, 4.69) is 10.5 Å². The molecule has 0 atom stereocenters. The number of nitrogens with zero attached hydrogens (tertiary/aromatic N) is 3. The summed E-state index contributed by atoms with van der Waals surface area (Å²) in [5, 5.41) is 8.63. The maximum atomic E-state index is 14.9. The predicted octanol–water partition coefficient (Wildman–Crippen LogP) is 2.70. The smallest absolute Gasteiger partial charge is 0.177 e. The Bertz CT molecular complexity index is 1040. The number of hydrogen-bond acceptors (Lipinski definition) is 3. The summed E-state index contributed by atoms with van der Waals surface area (Å²) in [6.45, 7) is 2.11. The molecular formula is C21H24ClFN5O+. The van der Waals surface area contributed by atoms with Crippen molar-refractivity contribution >= 4 is 28.3 Å². The highest BCUT2D eigenvalue weighted by Crippen LogP contribution is 2.25. The molecule has 0 spiro atoms. The Morgan fingerprint density at radius 1 is 1.38 bits per heavy atom. The lowest BCUT2D eigenvalue weighted by atomic mass is 10.1. The largest absolute Gasteiger partial charge is 0.391 e. The van der Waals surface area contributed by atoms with Crippen molar-refractivity contribution in [2.24, 2.45) is 17.9 Å².